The van der Waals surface area contributed by atoms with Gasteiger partial charge in [0.25, 0.3) is 0 Å². The quantitative estimate of drug-likeness (QED) is 0.816. The van der Waals surface area contributed by atoms with Crippen molar-refractivity contribution in [3.8, 4) is 0 Å². The third-order valence-electron chi connectivity index (χ3n) is 5.72. The molecule has 2 aliphatic carbocycles. The highest BCUT2D eigenvalue weighted by Gasteiger charge is 2.32. The zero-order chi connectivity index (χ0) is 12.4. The molecule has 0 spiro atoms. The van der Waals surface area contributed by atoms with E-state index >= 15 is 0 Å². The first-order valence-electron chi connectivity index (χ1n) is 8.29. The highest BCUT2D eigenvalue weighted by atomic mass is 15.1. The minimum absolute atomic E-state index is 0.496. The number of hydrogen-bond acceptors (Lipinski definition) is 2. The van der Waals surface area contributed by atoms with Gasteiger partial charge in [0, 0.05) is 19.1 Å². The van der Waals surface area contributed by atoms with Crippen molar-refractivity contribution >= 4 is 0 Å². The van der Waals surface area contributed by atoms with E-state index in [1.807, 2.05) is 0 Å². The fraction of sp³-hybridized carbons (Fsp3) is 1.00. The van der Waals surface area contributed by atoms with Crippen LogP contribution in [0.25, 0.3) is 0 Å². The molecule has 1 aliphatic heterocycles. The zero-order valence-corrected chi connectivity index (χ0v) is 11.8. The molecule has 18 heavy (non-hydrogen) atoms. The Kier molecular flexibility index (Phi) is 4.25. The van der Waals surface area contributed by atoms with E-state index < -0.39 is 0 Å². The first-order chi connectivity index (χ1) is 8.81. The highest BCUT2D eigenvalue weighted by molar-refractivity contribution is 4.85. The summed E-state index contributed by atoms with van der Waals surface area (Å²) in [5.74, 6) is 3.00. The topological polar surface area (TPSA) is 29.3 Å². The van der Waals surface area contributed by atoms with Crippen molar-refractivity contribution in [3.63, 3.8) is 0 Å². The minimum atomic E-state index is 0.496. The molecule has 2 heteroatoms. The Bertz CT molecular complexity index is 266. The first-order valence-corrected chi connectivity index (χ1v) is 8.29. The van der Waals surface area contributed by atoms with Crippen molar-refractivity contribution in [2.24, 2.45) is 23.5 Å². The molecule has 2 saturated carbocycles. The summed E-state index contributed by atoms with van der Waals surface area (Å²) in [7, 11) is 0. The van der Waals surface area contributed by atoms with Gasteiger partial charge in [0.1, 0.15) is 0 Å². The Morgan fingerprint density at radius 1 is 0.889 bits per heavy atom. The summed E-state index contributed by atoms with van der Waals surface area (Å²) in [6, 6.07) is 0.496. The molecule has 3 rings (SSSR count). The molecule has 1 heterocycles. The number of rotatable bonds is 2. The van der Waals surface area contributed by atoms with Crippen LogP contribution >= 0.6 is 0 Å². The van der Waals surface area contributed by atoms with E-state index in [2.05, 4.69) is 4.90 Å². The van der Waals surface area contributed by atoms with E-state index in [1.165, 1.54) is 77.4 Å². The van der Waals surface area contributed by atoms with Gasteiger partial charge in [-0.05, 0) is 56.4 Å². The lowest BCUT2D eigenvalue weighted by atomic mass is 9.74. The second-order valence-electron chi connectivity index (χ2n) is 7.15. The fourth-order valence-corrected chi connectivity index (χ4v) is 4.71. The molecular formula is C16H30N2. The molecule has 0 radical (unpaired) electrons. The lowest BCUT2D eigenvalue weighted by Gasteiger charge is -2.43. The molecule has 0 aromatic heterocycles. The summed E-state index contributed by atoms with van der Waals surface area (Å²) < 4.78 is 0. The van der Waals surface area contributed by atoms with Gasteiger partial charge in [-0.15, -0.1) is 0 Å². The van der Waals surface area contributed by atoms with E-state index in [1.54, 1.807) is 0 Å². The Morgan fingerprint density at radius 3 is 2.56 bits per heavy atom. The molecule has 3 aliphatic rings. The van der Waals surface area contributed by atoms with E-state index in [9.17, 15) is 0 Å². The number of hydrogen-bond donors (Lipinski definition) is 1. The lowest BCUT2D eigenvalue weighted by molar-refractivity contribution is 0.0692. The number of fused-ring (bicyclic) bond motifs is 1. The van der Waals surface area contributed by atoms with E-state index in [-0.39, 0.29) is 0 Å². The van der Waals surface area contributed by atoms with Crippen molar-refractivity contribution < 1.29 is 0 Å². The molecule has 2 N–H and O–H groups in total. The van der Waals surface area contributed by atoms with Crippen LogP contribution in [0.2, 0.25) is 0 Å². The van der Waals surface area contributed by atoms with Gasteiger partial charge in [0.15, 0.2) is 0 Å². The van der Waals surface area contributed by atoms with Crippen molar-refractivity contribution in [3.05, 3.63) is 0 Å². The summed E-state index contributed by atoms with van der Waals surface area (Å²) in [6.07, 6.45) is 12.8. The predicted molar refractivity (Wildman–Crippen MR) is 76.4 cm³/mol. The van der Waals surface area contributed by atoms with Crippen molar-refractivity contribution in [1.29, 1.82) is 0 Å². The maximum atomic E-state index is 6.12. The molecule has 2 nitrogen and oxygen atoms in total. The fourth-order valence-electron chi connectivity index (χ4n) is 4.71. The van der Waals surface area contributed by atoms with Crippen LogP contribution in [-0.4, -0.2) is 30.6 Å². The maximum absolute atomic E-state index is 6.12. The van der Waals surface area contributed by atoms with Gasteiger partial charge in [-0.25, -0.2) is 0 Å². The number of piperidine rings is 1. The zero-order valence-electron chi connectivity index (χ0n) is 11.8. The van der Waals surface area contributed by atoms with Gasteiger partial charge in [0.05, 0.1) is 0 Å². The Labute approximate surface area is 112 Å². The molecule has 0 bridgehead atoms. The van der Waals surface area contributed by atoms with Gasteiger partial charge in [-0.2, -0.15) is 0 Å². The third-order valence-corrected chi connectivity index (χ3v) is 5.72. The van der Waals surface area contributed by atoms with Crippen molar-refractivity contribution in [1.82, 2.24) is 4.90 Å². The van der Waals surface area contributed by atoms with Crippen LogP contribution in [0.1, 0.15) is 57.8 Å². The molecular weight excluding hydrogens is 220 g/mol. The van der Waals surface area contributed by atoms with Crippen LogP contribution in [0, 0.1) is 17.8 Å². The van der Waals surface area contributed by atoms with Crippen LogP contribution in [-0.2, 0) is 0 Å². The number of likely N-dealkylation sites (tertiary alicyclic amines) is 1. The van der Waals surface area contributed by atoms with Crippen molar-refractivity contribution in [2.45, 2.75) is 63.8 Å². The second-order valence-corrected chi connectivity index (χ2v) is 7.15. The smallest absolute Gasteiger partial charge is 0.00419 e. The molecule has 3 fully saturated rings. The molecule has 104 valence electrons. The van der Waals surface area contributed by atoms with Gasteiger partial charge in [-0.3, -0.25) is 0 Å². The summed E-state index contributed by atoms with van der Waals surface area (Å²) in [6.45, 7) is 4.11. The van der Waals surface area contributed by atoms with Gasteiger partial charge >= 0.3 is 0 Å². The maximum Gasteiger partial charge on any atom is 0.00419 e. The minimum Gasteiger partial charge on any atom is -0.328 e. The summed E-state index contributed by atoms with van der Waals surface area (Å²) >= 11 is 0. The number of nitrogens with zero attached hydrogens (tertiary/aromatic N) is 1. The van der Waals surface area contributed by atoms with Crippen LogP contribution < -0.4 is 5.73 Å². The van der Waals surface area contributed by atoms with Gasteiger partial charge in [-0.1, -0.05) is 25.7 Å². The first kappa shape index (κ1) is 12.9. The average molecular weight is 250 g/mol. The van der Waals surface area contributed by atoms with E-state index in [0.29, 0.717) is 6.04 Å². The average Bonchev–Trinajstić information content (AvgIpc) is 2.39. The van der Waals surface area contributed by atoms with Crippen LogP contribution in [0.15, 0.2) is 0 Å². The molecule has 0 amide bonds. The summed E-state index contributed by atoms with van der Waals surface area (Å²) in [4.78, 5) is 2.77. The largest absolute Gasteiger partial charge is 0.328 e. The SMILES string of the molecule is NC1CCCC(CN2CCC3CCCCC3C2)C1. The molecule has 0 aromatic carbocycles. The second kappa shape index (κ2) is 5.92. The Balaban J connectivity index is 1.48. The Morgan fingerprint density at radius 2 is 1.72 bits per heavy atom. The van der Waals surface area contributed by atoms with Crippen LogP contribution in [0.5, 0.6) is 0 Å². The summed E-state index contributed by atoms with van der Waals surface area (Å²) in [5.41, 5.74) is 6.12. The highest BCUT2D eigenvalue weighted by Crippen LogP contribution is 2.36. The van der Waals surface area contributed by atoms with E-state index in [0.717, 1.165) is 17.8 Å². The van der Waals surface area contributed by atoms with Gasteiger partial charge in [0.2, 0.25) is 0 Å². The standard InChI is InChI=1S/C16H30N2/c17-16-7-3-4-13(10-16)11-18-9-8-14-5-1-2-6-15(14)12-18/h13-16H,1-12,17H2. The monoisotopic (exact) mass is 250 g/mol. The molecule has 4 atom stereocenters. The molecule has 0 aromatic rings. The lowest BCUT2D eigenvalue weighted by Crippen LogP contribution is -2.44. The van der Waals surface area contributed by atoms with Crippen LogP contribution in [0.3, 0.4) is 0 Å². The van der Waals surface area contributed by atoms with Crippen LogP contribution in [0.4, 0.5) is 0 Å². The normalized spacial score (nSPS) is 42.5. The number of nitrogens with two attached hydrogens (primary N) is 1. The molecule has 4 unspecified atom stereocenters. The third kappa shape index (κ3) is 3.08. The van der Waals surface area contributed by atoms with Gasteiger partial charge < -0.3 is 10.6 Å². The Hall–Kier alpha value is -0.0800. The van der Waals surface area contributed by atoms with Crippen molar-refractivity contribution in [2.75, 3.05) is 19.6 Å². The summed E-state index contributed by atoms with van der Waals surface area (Å²) in [5, 5.41) is 0. The predicted octanol–water partition coefficient (Wildman–Crippen LogP) is 3.02. The van der Waals surface area contributed by atoms with E-state index in [4.69, 9.17) is 5.73 Å². The molecule has 1 saturated heterocycles.